The van der Waals surface area contributed by atoms with Gasteiger partial charge in [0.25, 0.3) is 5.56 Å². The van der Waals surface area contributed by atoms with E-state index in [-0.39, 0.29) is 17.1 Å². The molecule has 0 radical (unpaired) electrons. The second-order valence-corrected chi connectivity index (χ2v) is 13.7. The Balaban J connectivity index is 0.000000198. The highest BCUT2D eigenvalue weighted by Crippen LogP contribution is 2.38. The largest absolute Gasteiger partial charge is 0.504 e. The van der Waals surface area contributed by atoms with E-state index < -0.39 is 0 Å². The lowest BCUT2D eigenvalue weighted by Gasteiger charge is -2.31. The summed E-state index contributed by atoms with van der Waals surface area (Å²) >= 11 is 0. The predicted octanol–water partition coefficient (Wildman–Crippen LogP) is 11.0. The van der Waals surface area contributed by atoms with Crippen LogP contribution in [-0.4, -0.2) is 39.8 Å². The number of hydrogen-bond donors (Lipinski definition) is 2. The molecule has 0 aliphatic carbocycles. The first-order valence-electron chi connectivity index (χ1n) is 18.8. The van der Waals surface area contributed by atoms with Crippen molar-refractivity contribution in [3.63, 3.8) is 0 Å². The number of phenols is 2. The van der Waals surface area contributed by atoms with E-state index in [4.69, 9.17) is 14.5 Å². The fraction of sp³-hybridized carbons (Fsp3) is 0.100. The number of nitrogens with zero attached hydrogens (tertiary/aromatic N) is 4. The van der Waals surface area contributed by atoms with Gasteiger partial charge in [0, 0.05) is 28.1 Å². The molecule has 0 bridgehead atoms. The molecular formula is C50H46N4O5. The number of fused-ring (bicyclic) bond motifs is 1. The standard InChI is InChI=1S/C25H24N2O3.C25H22N2O2/c1-6-20-21(7-2)26-23(14-12-18-9-8-10-22(30-5)24(18)28)27(25(20)29)19-13-11-16(3)17(4)15-19;1-17-8-6-10-20(16-17)27-18(2)21-11-4-5-12-22(21)26-24(27)15-14-19-9-7-13-23(29-3)25(19)28/h6-15,28H,1-2H2,3-5H3;4-16,28H,2H2,1,3H3/b14-12+;15-14+. The topological polar surface area (TPSA) is 109 Å². The van der Waals surface area contributed by atoms with Crippen LogP contribution in [-0.2, 0) is 0 Å². The molecule has 0 fully saturated rings. The van der Waals surface area contributed by atoms with Gasteiger partial charge in [-0.1, -0.05) is 86.5 Å². The van der Waals surface area contributed by atoms with Crippen LogP contribution in [0.5, 0.6) is 23.0 Å². The van der Waals surface area contributed by atoms with E-state index in [2.05, 4.69) is 43.8 Å². The van der Waals surface area contributed by atoms with Crippen molar-refractivity contribution in [2.45, 2.75) is 20.8 Å². The van der Waals surface area contributed by atoms with Gasteiger partial charge in [-0.3, -0.25) is 14.3 Å². The Kier molecular flexibility index (Phi) is 12.6. The number of para-hydroxylation sites is 3. The number of aliphatic imine (C=N–C) groups is 1. The summed E-state index contributed by atoms with van der Waals surface area (Å²) in [6, 6.07) is 32.6. The lowest BCUT2D eigenvalue weighted by Crippen LogP contribution is -2.29. The van der Waals surface area contributed by atoms with E-state index >= 15 is 0 Å². The molecule has 0 atom stereocenters. The van der Waals surface area contributed by atoms with Gasteiger partial charge < -0.3 is 19.7 Å². The first kappa shape index (κ1) is 41.0. The maximum absolute atomic E-state index is 13.3. The van der Waals surface area contributed by atoms with E-state index in [0.717, 1.165) is 45.2 Å². The molecule has 0 spiro atoms. The number of hydrogen-bond acceptors (Lipinski definition) is 8. The Hall–Kier alpha value is -7.65. The molecule has 0 saturated carbocycles. The van der Waals surface area contributed by atoms with Crippen molar-refractivity contribution >= 4 is 53.3 Å². The Labute approximate surface area is 344 Å². The molecular weight excluding hydrogens is 737 g/mol. The molecule has 1 aromatic heterocycles. The molecule has 6 aromatic rings. The second kappa shape index (κ2) is 18.1. The highest BCUT2D eigenvalue weighted by molar-refractivity contribution is 6.19. The molecule has 2 heterocycles. The van der Waals surface area contributed by atoms with E-state index in [9.17, 15) is 15.0 Å². The first-order chi connectivity index (χ1) is 28.5. The third kappa shape index (κ3) is 8.69. The van der Waals surface area contributed by atoms with Gasteiger partial charge in [0.1, 0.15) is 11.7 Å². The number of amidine groups is 1. The minimum Gasteiger partial charge on any atom is -0.504 e. The quantitative estimate of drug-likeness (QED) is 0.142. The van der Waals surface area contributed by atoms with E-state index in [0.29, 0.717) is 45.4 Å². The normalized spacial score (nSPS) is 12.1. The number of methoxy groups -OCH3 is 2. The van der Waals surface area contributed by atoms with Crippen molar-refractivity contribution in [3.8, 4) is 28.7 Å². The van der Waals surface area contributed by atoms with Crippen molar-refractivity contribution in [2.24, 2.45) is 4.99 Å². The number of benzene rings is 5. The Morgan fingerprint density at radius 1 is 0.678 bits per heavy atom. The number of ether oxygens (including phenoxy) is 2. The number of rotatable bonds is 10. The molecule has 1 aliphatic heterocycles. The number of aryl methyl sites for hydroxylation is 3. The summed E-state index contributed by atoms with van der Waals surface area (Å²) in [4.78, 5) is 24.8. The average Bonchev–Trinajstić information content (AvgIpc) is 3.24. The van der Waals surface area contributed by atoms with Crippen molar-refractivity contribution in [3.05, 3.63) is 190 Å². The van der Waals surface area contributed by atoms with Gasteiger partial charge in [-0.05, 0) is 110 Å². The van der Waals surface area contributed by atoms with Crippen LogP contribution in [0.25, 0.3) is 41.8 Å². The van der Waals surface area contributed by atoms with Gasteiger partial charge in [0.15, 0.2) is 23.0 Å². The molecule has 0 saturated heterocycles. The predicted molar refractivity (Wildman–Crippen MR) is 243 cm³/mol. The van der Waals surface area contributed by atoms with E-state index in [1.54, 1.807) is 36.4 Å². The Bertz CT molecular complexity index is 2740. The van der Waals surface area contributed by atoms with Gasteiger partial charge in [0.05, 0.1) is 36.9 Å². The fourth-order valence-corrected chi connectivity index (χ4v) is 6.56. The third-order valence-electron chi connectivity index (χ3n) is 9.85. The van der Waals surface area contributed by atoms with Gasteiger partial charge >= 0.3 is 0 Å². The Morgan fingerprint density at radius 3 is 1.93 bits per heavy atom. The second-order valence-electron chi connectivity index (χ2n) is 13.7. The molecule has 59 heavy (non-hydrogen) atoms. The smallest absolute Gasteiger partial charge is 0.266 e. The maximum atomic E-state index is 13.3. The summed E-state index contributed by atoms with van der Waals surface area (Å²) in [5.41, 5.74) is 9.54. The molecule has 7 rings (SSSR count). The highest BCUT2D eigenvalue weighted by atomic mass is 16.5. The van der Waals surface area contributed by atoms with Crippen LogP contribution in [0.1, 0.15) is 50.5 Å². The minimum absolute atomic E-state index is 0.0167. The molecule has 2 N–H and O–H groups in total. The number of anilines is 1. The zero-order valence-corrected chi connectivity index (χ0v) is 33.8. The maximum Gasteiger partial charge on any atom is 0.266 e. The van der Waals surface area contributed by atoms with Crippen LogP contribution in [0, 0.1) is 20.8 Å². The monoisotopic (exact) mass is 782 g/mol. The molecule has 9 heteroatoms. The van der Waals surface area contributed by atoms with Crippen molar-refractivity contribution < 1.29 is 19.7 Å². The van der Waals surface area contributed by atoms with Crippen LogP contribution < -0.4 is 19.9 Å². The molecule has 296 valence electrons. The highest BCUT2D eigenvalue weighted by Gasteiger charge is 2.24. The minimum atomic E-state index is -0.243. The number of aromatic nitrogens is 2. The van der Waals surface area contributed by atoms with Crippen LogP contribution in [0.4, 0.5) is 11.4 Å². The summed E-state index contributed by atoms with van der Waals surface area (Å²) in [6.45, 7) is 17.9. The average molecular weight is 783 g/mol. The van der Waals surface area contributed by atoms with Crippen LogP contribution in [0.15, 0.2) is 139 Å². The van der Waals surface area contributed by atoms with Gasteiger partial charge in [-0.25, -0.2) is 9.98 Å². The SMILES string of the molecule is C=C1c2ccccc2N=C(/C=C/c2cccc(OC)c2O)N1c1cccc(C)c1.C=Cc1nc(/C=C/c2cccc(OC)c2O)n(-c2ccc(C)c(C)c2)c(=O)c1C=C. The molecule has 0 amide bonds. The molecule has 5 aromatic carbocycles. The molecule has 0 unspecified atom stereocenters. The van der Waals surface area contributed by atoms with Gasteiger partial charge in [0.2, 0.25) is 0 Å². The summed E-state index contributed by atoms with van der Waals surface area (Å²) in [6.07, 6.45) is 10.1. The summed E-state index contributed by atoms with van der Waals surface area (Å²) in [7, 11) is 3.03. The zero-order valence-electron chi connectivity index (χ0n) is 33.8. The van der Waals surface area contributed by atoms with Gasteiger partial charge in [-0.2, -0.15) is 0 Å². The Morgan fingerprint density at radius 2 is 1.32 bits per heavy atom. The number of aromatic hydroxyl groups is 2. The lowest BCUT2D eigenvalue weighted by atomic mass is 10.0. The lowest BCUT2D eigenvalue weighted by molar-refractivity contribution is 0.373. The van der Waals surface area contributed by atoms with E-state index in [1.165, 1.54) is 30.9 Å². The van der Waals surface area contributed by atoms with Crippen molar-refractivity contribution in [1.82, 2.24) is 9.55 Å². The zero-order chi connectivity index (χ0) is 42.2. The summed E-state index contributed by atoms with van der Waals surface area (Å²) < 4.78 is 11.9. The van der Waals surface area contributed by atoms with Crippen molar-refractivity contribution in [2.75, 3.05) is 19.1 Å². The van der Waals surface area contributed by atoms with Crippen LogP contribution in [0.3, 0.4) is 0 Å². The molecule has 1 aliphatic rings. The first-order valence-corrected chi connectivity index (χ1v) is 18.8. The van der Waals surface area contributed by atoms with Gasteiger partial charge in [-0.15, -0.1) is 0 Å². The van der Waals surface area contributed by atoms with Crippen molar-refractivity contribution in [1.29, 1.82) is 0 Å². The van der Waals surface area contributed by atoms with Crippen LogP contribution in [0.2, 0.25) is 0 Å². The summed E-state index contributed by atoms with van der Waals surface area (Å²) in [5.74, 6) is 2.05. The summed E-state index contributed by atoms with van der Waals surface area (Å²) in [5, 5.41) is 20.8. The van der Waals surface area contributed by atoms with E-state index in [1.807, 2.05) is 97.6 Å². The number of phenolic OH excluding ortho intramolecular Hbond substituents is 2. The molecule has 9 nitrogen and oxygen atoms in total. The fourth-order valence-electron chi connectivity index (χ4n) is 6.56. The van der Waals surface area contributed by atoms with Crippen LogP contribution >= 0.6 is 0 Å². The third-order valence-corrected chi connectivity index (χ3v) is 9.85.